The molecule has 1 radical (unpaired) electrons. The Labute approximate surface area is 82.2 Å². The predicted octanol–water partition coefficient (Wildman–Crippen LogP) is 1.86. The largest absolute Gasteiger partial charge is 0.481 e. The van der Waals surface area contributed by atoms with E-state index >= 15 is 0 Å². The van der Waals surface area contributed by atoms with Crippen LogP contribution in [0, 0.1) is 13.8 Å². The van der Waals surface area contributed by atoms with Gasteiger partial charge in [0.1, 0.15) is 0 Å². The zero-order chi connectivity index (χ0) is 10.7. The summed E-state index contributed by atoms with van der Waals surface area (Å²) in [4.78, 5) is 14.1. The van der Waals surface area contributed by atoms with Gasteiger partial charge in [-0.1, -0.05) is 0 Å². The number of aryl methyl sites for hydroxylation is 2. The average Bonchev–Trinajstić information content (AvgIpc) is 2.01. The Bertz CT molecular complexity index is 337. The molecule has 0 aliphatic rings. The summed E-state index contributed by atoms with van der Waals surface area (Å²) in [5.41, 5.74) is 2.33. The van der Waals surface area contributed by atoms with E-state index < -0.39 is 5.97 Å². The third kappa shape index (κ3) is 2.45. The minimum Gasteiger partial charge on any atom is -0.481 e. The quantitative estimate of drug-likeness (QED) is 0.798. The normalized spacial score (nSPS) is 10.1. The number of aliphatic carboxylic acids is 1. The molecule has 0 amide bonds. The van der Waals surface area contributed by atoms with Gasteiger partial charge < -0.3 is 5.11 Å². The lowest BCUT2D eigenvalue weighted by molar-refractivity contribution is -0.136. The maximum Gasteiger partial charge on any atom is 0.303 e. The first-order valence-corrected chi connectivity index (χ1v) is 4.36. The lowest BCUT2D eigenvalue weighted by Crippen LogP contribution is -2.02. The monoisotopic (exact) mass is 194 g/mol. The number of carbonyl (C=O) groups is 1. The number of rotatable bonds is 3. The Hall–Kier alpha value is -1.58. The van der Waals surface area contributed by atoms with Gasteiger partial charge in [-0.15, -0.1) is 0 Å². The Kier molecular flexibility index (Phi) is 3.06. The van der Waals surface area contributed by atoms with Crippen LogP contribution in [0.2, 0.25) is 0 Å². The molecule has 0 fully saturated rings. The topological polar surface area (TPSA) is 70.1 Å². The molecule has 4 heteroatoms. The highest BCUT2D eigenvalue weighted by atomic mass is 16.4. The molecule has 1 rings (SSSR count). The summed E-state index contributed by atoms with van der Waals surface area (Å²) in [6.45, 7) is 3.53. The number of aromatic nitrogens is 1. The summed E-state index contributed by atoms with van der Waals surface area (Å²) in [7, 11) is 0. The van der Waals surface area contributed by atoms with E-state index in [0.717, 1.165) is 11.1 Å². The summed E-state index contributed by atoms with van der Waals surface area (Å²) in [5.74, 6) is -1.10. The fraction of sp³-hybridized carbons (Fsp3) is 0.400. The van der Waals surface area contributed by atoms with Crippen molar-refractivity contribution in [2.75, 3.05) is 0 Å². The van der Waals surface area contributed by atoms with Crippen molar-refractivity contribution >= 4 is 5.97 Å². The van der Waals surface area contributed by atoms with E-state index in [1.54, 1.807) is 13.8 Å². The molecule has 75 valence electrons. The van der Waals surface area contributed by atoms with Crippen LogP contribution in [0.3, 0.4) is 0 Å². The van der Waals surface area contributed by atoms with Crippen molar-refractivity contribution in [2.45, 2.75) is 26.7 Å². The maximum absolute atomic E-state index is 11.0. The Morgan fingerprint density at radius 1 is 1.50 bits per heavy atom. The summed E-state index contributed by atoms with van der Waals surface area (Å²) in [6, 6.07) is 1.43. The molecule has 1 heterocycles. The maximum atomic E-state index is 11.0. The van der Waals surface area contributed by atoms with Crippen molar-refractivity contribution < 1.29 is 15.0 Å². The van der Waals surface area contributed by atoms with Crippen LogP contribution in [0.1, 0.15) is 23.2 Å². The number of hydrogen-bond acceptors (Lipinski definition) is 2. The van der Waals surface area contributed by atoms with E-state index in [1.807, 2.05) is 0 Å². The second-order valence-corrected chi connectivity index (χ2v) is 3.24. The van der Waals surface area contributed by atoms with E-state index in [9.17, 15) is 9.90 Å². The molecule has 0 bridgehead atoms. The zero-order valence-electron chi connectivity index (χ0n) is 8.20. The van der Waals surface area contributed by atoms with E-state index in [4.69, 9.17) is 5.11 Å². The van der Waals surface area contributed by atoms with Crippen LogP contribution in [0.5, 0.6) is 5.88 Å². The van der Waals surface area contributed by atoms with Gasteiger partial charge in [0.25, 0.3) is 5.88 Å². The van der Waals surface area contributed by atoms with Crippen LogP contribution < -0.4 is 0 Å². The Balaban J connectivity index is 2.91. The number of hydrogen-bond donors (Lipinski definition) is 1. The molecule has 0 saturated carbocycles. The van der Waals surface area contributed by atoms with Crippen LogP contribution in [0.15, 0.2) is 6.07 Å². The SMILES string of the molecule is Cc1cc([O])nc(C)c1CCC(=O)O. The highest BCUT2D eigenvalue weighted by molar-refractivity contribution is 5.67. The average molecular weight is 194 g/mol. The molecule has 1 aromatic heterocycles. The van der Waals surface area contributed by atoms with E-state index in [2.05, 4.69) is 4.98 Å². The second kappa shape index (κ2) is 4.09. The fourth-order valence-electron chi connectivity index (χ4n) is 1.43. The van der Waals surface area contributed by atoms with Gasteiger partial charge in [0.15, 0.2) is 0 Å². The third-order valence-electron chi connectivity index (χ3n) is 2.12. The van der Waals surface area contributed by atoms with Crippen molar-refractivity contribution in [3.63, 3.8) is 0 Å². The summed E-state index contributed by atoms with van der Waals surface area (Å²) >= 11 is 0. The molecule has 0 spiro atoms. The molecule has 0 aromatic carbocycles. The fourth-order valence-corrected chi connectivity index (χ4v) is 1.43. The third-order valence-corrected chi connectivity index (χ3v) is 2.12. The zero-order valence-corrected chi connectivity index (χ0v) is 8.20. The summed E-state index contributed by atoms with van der Waals surface area (Å²) < 4.78 is 0. The Morgan fingerprint density at radius 3 is 2.64 bits per heavy atom. The molecule has 0 saturated heterocycles. The highest BCUT2D eigenvalue weighted by Crippen LogP contribution is 2.18. The minimum atomic E-state index is -0.838. The minimum absolute atomic E-state index is 0.0710. The first-order valence-electron chi connectivity index (χ1n) is 4.36. The molecule has 0 atom stereocenters. The predicted molar refractivity (Wildman–Crippen MR) is 49.8 cm³/mol. The van der Waals surface area contributed by atoms with Crippen LogP contribution in [-0.4, -0.2) is 16.1 Å². The summed E-state index contributed by atoms with van der Waals surface area (Å²) in [6.07, 6.45) is 0.502. The molecule has 1 N–H and O–H groups in total. The highest BCUT2D eigenvalue weighted by Gasteiger charge is 2.08. The first kappa shape index (κ1) is 10.5. The lowest BCUT2D eigenvalue weighted by atomic mass is 10.0. The van der Waals surface area contributed by atoms with Crippen molar-refractivity contribution in [1.82, 2.24) is 4.98 Å². The molecule has 0 unspecified atom stereocenters. The van der Waals surface area contributed by atoms with E-state index in [-0.39, 0.29) is 12.3 Å². The summed E-state index contributed by atoms with van der Waals surface area (Å²) in [5, 5.41) is 19.5. The van der Waals surface area contributed by atoms with Crippen LogP contribution in [-0.2, 0) is 16.3 Å². The van der Waals surface area contributed by atoms with Gasteiger partial charge in [-0.25, -0.2) is 4.98 Å². The van der Waals surface area contributed by atoms with Crippen molar-refractivity contribution in [2.24, 2.45) is 0 Å². The number of nitrogens with zero attached hydrogens (tertiary/aromatic N) is 1. The van der Waals surface area contributed by atoms with Gasteiger partial charge >= 0.3 is 5.97 Å². The van der Waals surface area contributed by atoms with Gasteiger partial charge in [-0.2, -0.15) is 0 Å². The lowest BCUT2D eigenvalue weighted by Gasteiger charge is -2.06. The molecule has 14 heavy (non-hydrogen) atoms. The van der Waals surface area contributed by atoms with Crippen LogP contribution >= 0.6 is 0 Å². The number of pyridine rings is 1. The Morgan fingerprint density at radius 2 is 2.14 bits per heavy atom. The van der Waals surface area contributed by atoms with Crippen molar-refractivity contribution in [3.8, 4) is 5.88 Å². The van der Waals surface area contributed by atoms with Gasteiger partial charge in [-0.3, -0.25) is 9.90 Å². The van der Waals surface area contributed by atoms with Gasteiger partial charge in [-0.05, 0) is 31.4 Å². The van der Waals surface area contributed by atoms with Gasteiger partial charge in [0.05, 0.1) is 0 Å². The number of carboxylic acids is 1. The standard InChI is InChI=1S/C10H12NO3/c1-6-5-9(12)11-7(2)8(6)3-4-10(13)14/h5H,3-4H2,1-2H3,(H,13,14). The smallest absolute Gasteiger partial charge is 0.303 e. The number of carboxylic acid groups (broad SMARTS) is 1. The first-order chi connectivity index (χ1) is 6.50. The van der Waals surface area contributed by atoms with Crippen molar-refractivity contribution in [1.29, 1.82) is 0 Å². The van der Waals surface area contributed by atoms with Crippen LogP contribution in [0.25, 0.3) is 0 Å². The molecular weight excluding hydrogens is 182 g/mol. The van der Waals surface area contributed by atoms with Gasteiger partial charge in [0.2, 0.25) is 0 Å². The van der Waals surface area contributed by atoms with Crippen molar-refractivity contribution in [3.05, 3.63) is 22.9 Å². The van der Waals surface area contributed by atoms with E-state index in [1.165, 1.54) is 6.07 Å². The molecule has 1 aromatic rings. The van der Waals surface area contributed by atoms with Gasteiger partial charge in [0, 0.05) is 18.2 Å². The second-order valence-electron chi connectivity index (χ2n) is 3.24. The molecule has 0 aliphatic carbocycles. The van der Waals surface area contributed by atoms with E-state index in [0.29, 0.717) is 12.1 Å². The molecule has 4 nitrogen and oxygen atoms in total. The van der Waals surface area contributed by atoms with Crippen LogP contribution in [0.4, 0.5) is 0 Å². The molecule has 0 aliphatic heterocycles. The molecular formula is C10H12NO3.